The molecule has 2 aromatic rings. The summed E-state index contributed by atoms with van der Waals surface area (Å²) in [5.41, 5.74) is 3.19. The minimum absolute atomic E-state index is 0.183. The second kappa shape index (κ2) is 8.40. The van der Waals surface area contributed by atoms with E-state index in [1.165, 1.54) is 7.05 Å². The van der Waals surface area contributed by atoms with E-state index in [1.807, 2.05) is 25.3 Å². The Labute approximate surface area is 145 Å². The molecular formula is C18H20N2O3S. The Kier molecular flexibility index (Phi) is 6.26. The van der Waals surface area contributed by atoms with Gasteiger partial charge in [0.25, 0.3) is 0 Å². The maximum Gasteiger partial charge on any atom is 0.412 e. The molecule has 0 spiro atoms. The van der Waals surface area contributed by atoms with Gasteiger partial charge >= 0.3 is 6.09 Å². The highest BCUT2D eigenvalue weighted by molar-refractivity contribution is 7.97. The molecule has 2 rings (SSSR count). The van der Waals surface area contributed by atoms with E-state index in [-0.39, 0.29) is 5.75 Å². The van der Waals surface area contributed by atoms with Crippen LogP contribution in [-0.2, 0) is 5.75 Å². The molecule has 5 nitrogen and oxygen atoms in total. The first-order valence-electron chi connectivity index (χ1n) is 7.39. The van der Waals surface area contributed by atoms with Gasteiger partial charge in [-0.05, 0) is 43.0 Å². The van der Waals surface area contributed by atoms with Gasteiger partial charge in [0.05, 0.1) is 5.69 Å². The highest BCUT2D eigenvalue weighted by Gasteiger charge is 2.11. The number of rotatable bonds is 5. The third kappa shape index (κ3) is 4.52. The van der Waals surface area contributed by atoms with Crippen LogP contribution in [0.25, 0.3) is 0 Å². The number of benzene rings is 2. The van der Waals surface area contributed by atoms with Crippen molar-refractivity contribution in [2.24, 2.45) is 4.99 Å². The van der Waals surface area contributed by atoms with E-state index in [1.54, 1.807) is 42.2 Å². The number of hydrogen-bond acceptors (Lipinski definition) is 5. The highest BCUT2D eigenvalue weighted by Crippen LogP contribution is 2.31. The first-order valence-corrected chi connectivity index (χ1v) is 8.78. The Morgan fingerprint density at radius 2 is 2.12 bits per heavy atom. The van der Waals surface area contributed by atoms with E-state index >= 15 is 0 Å². The van der Waals surface area contributed by atoms with Gasteiger partial charge in [-0.1, -0.05) is 12.1 Å². The first-order chi connectivity index (χ1) is 11.5. The molecule has 0 saturated heterocycles. The molecule has 0 bridgehead atoms. The highest BCUT2D eigenvalue weighted by atomic mass is 32.2. The largest absolute Gasteiger partial charge is 0.507 e. The number of hydrogen-bond donors (Lipinski definition) is 2. The van der Waals surface area contributed by atoms with E-state index in [9.17, 15) is 9.90 Å². The van der Waals surface area contributed by atoms with Gasteiger partial charge in [0.1, 0.15) is 11.5 Å². The Hall–Kier alpha value is -2.47. The molecule has 2 aromatic carbocycles. The number of amides is 1. The van der Waals surface area contributed by atoms with Crippen LogP contribution in [-0.4, -0.2) is 30.7 Å². The number of ether oxygens (including phenoxy) is 1. The zero-order valence-corrected chi connectivity index (χ0v) is 14.7. The van der Waals surface area contributed by atoms with Crippen molar-refractivity contribution in [3.05, 3.63) is 53.1 Å². The van der Waals surface area contributed by atoms with E-state index in [0.29, 0.717) is 17.1 Å². The molecule has 0 fully saturated rings. The van der Waals surface area contributed by atoms with Crippen LogP contribution in [0.4, 0.5) is 10.5 Å². The molecule has 0 heterocycles. The van der Waals surface area contributed by atoms with Crippen molar-refractivity contribution in [2.45, 2.75) is 12.7 Å². The number of phenols is 1. The maximum absolute atomic E-state index is 11.5. The summed E-state index contributed by atoms with van der Waals surface area (Å²) in [7, 11) is 1.52. The Morgan fingerprint density at radius 3 is 2.79 bits per heavy atom. The lowest BCUT2D eigenvalue weighted by Crippen LogP contribution is -2.22. The van der Waals surface area contributed by atoms with Gasteiger partial charge in [0.2, 0.25) is 0 Å². The molecule has 24 heavy (non-hydrogen) atoms. The average Bonchev–Trinajstić information content (AvgIpc) is 2.57. The van der Waals surface area contributed by atoms with Crippen molar-refractivity contribution < 1.29 is 14.6 Å². The zero-order chi connectivity index (χ0) is 17.5. The third-order valence-corrected chi connectivity index (χ3v) is 3.96. The molecule has 6 heteroatoms. The number of aliphatic imine (C=N–C) groups is 1. The molecule has 0 aliphatic rings. The monoisotopic (exact) mass is 344 g/mol. The fourth-order valence-corrected chi connectivity index (χ4v) is 2.64. The van der Waals surface area contributed by atoms with E-state index in [4.69, 9.17) is 4.74 Å². The van der Waals surface area contributed by atoms with Crippen molar-refractivity contribution >= 4 is 29.8 Å². The predicted octanol–water partition coefficient (Wildman–Crippen LogP) is 4.03. The van der Waals surface area contributed by atoms with Crippen LogP contribution < -0.4 is 10.1 Å². The minimum atomic E-state index is -0.498. The van der Waals surface area contributed by atoms with Crippen molar-refractivity contribution in [3.63, 3.8) is 0 Å². The quantitative estimate of drug-likeness (QED) is 0.803. The molecule has 0 atom stereocenters. The molecule has 2 N–H and O–H groups in total. The summed E-state index contributed by atoms with van der Waals surface area (Å²) in [5.74, 6) is 1.41. The van der Waals surface area contributed by atoms with Crippen molar-refractivity contribution in [1.82, 2.24) is 5.32 Å². The summed E-state index contributed by atoms with van der Waals surface area (Å²) in [4.78, 5) is 16.0. The summed E-state index contributed by atoms with van der Waals surface area (Å²) >= 11 is 1.63. The SMILES string of the molecule is CNC(=O)Oc1cc(C)c(N=Cc2ccccc2O)cc1CSC. The molecule has 1 amide bonds. The lowest BCUT2D eigenvalue weighted by molar-refractivity contribution is 0.202. The summed E-state index contributed by atoms with van der Waals surface area (Å²) in [6.07, 6.45) is 3.11. The average molecular weight is 344 g/mol. The fraction of sp³-hybridized carbons (Fsp3) is 0.222. The van der Waals surface area contributed by atoms with Crippen LogP contribution >= 0.6 is 11.8 Å². The molecule has 126 valence electrons. The van der Waals surface area contributed by atoms with Gasteiger partial charge in [-0.3, -0.25) is 4.99 Å². The summed E-state index contributed by atoms with van der Waals surface area (Å²) in [5, 5.41) is 12.3. The molecule has 0 saturated carbocycles. The number of aryl methyl sites for hydroxylation is 1. The van der Waals surface area contributed by atoms with E-state index in [2.05, 4.69) is 10.3 Å². The first kappa shape index (κ1) is 17.9. The lowest BCUT2D eigenvalue weighted by atomic mass is 10.1. The predicted molar refractivity (Wildman–Crippen MR) is 98.8 cm³/mol. The number of phenolic OH excluding ortho intramolecular Hbond substituents is 1. The van der Waals surface area contributed by atoms with Gasteiger partial charge in [-0.15, -0.1) is 0 Å². The second-order valence-electron chi connectivity index (χ2n) is 5.14. The van der Waals surface area contributed by atoms with Crippen molar-refractivity contribution in [2.75, 3.05) is 13.3 Å². The number of nitrogens with one attached hydrogen (secondary N) is 1. The van der Waals surface area contributed by atoms with E-state index < -0.39 is 6.09 Å². The van der Waals surface area contributed by atoms with E-state index in [0.717, 1.165) is 16.8 Å². The van der Waals surface area contributed by atoms with Crippen LogP contribution in [0.2, 0.25) is 0 Å². The van der Waals surface area contributed by atoms with Crippen molar-refractivity contribution in [1.29, 1.82) is 0 Å². The maximum atomic E-state index is 11.5. The molecule has 0 aliphatic heterocycles. The van der Waals surface area contributed by atoms with Crippen LogP contribution in [0, 0.1) is 6.92 Å². The third-order valence-electron chi connectivity index (χ3n) is 3.37. The minimum Gasteiger partial charge on any atom is -0.507 e. The van der Waals surface area contributed by atoms with Gasteiger partial charge in [-0.2, -0.15) is 11.8 Å². The molecule has 0 aliphatic carbocycles. The van der Waals surface area contributed by atoms with Crippen molar-refractivity contribution in [3.8, 4) is 11.5 Å². The van der Waals surface area contributed by atoms with Crippen LogP contribution in [0.15, 0.2) is 41.4 Å². The number of carbonyl (C=O) groups excluding carboxylic acids is 1. The van der Waals surface area contributed by atoms with Gasteiger partial charge < -0.3 is 15.2 Å². The second-order valence-corrected chi connectivity index (χ2v) is 6.00. The summed E-state index contributed by atoms with van der Waals surface area (Å²) < 4.78 is 5.31. The van der Waals surface area contributed by atoms with Crippen LogP contribution in [0.5, 0.6) is 11.5 Å². The molecule has 0 aromatic heterocycles. The number of para-hydroxylation sites is 1. The van der Waals surface area contributed by atoms with Crippen LogP contribution in [0.1, 0.15) is 16.7 Å². The number of carbonyl (C=O) groups is 1. The normalized spacial score (nSPS) is 10.8. The Morgan fingerprint density at radius 1 is 1.38 bits per heavy atom. The smallest absolute Gasteiger partial charge is 0.412 e. The Bertz CT molecular complexity index is 760. The molecular weight excluding hydrogens is 324 g/mol. The summed E-state index contributed by atoms with van der Waals surface area (Å²) in [6, 6.07) is 10.7. The number of nitrogens with zero attached hydrogens (tertiary/aromatic N) is 1. The Balaban J connectivity index is 2.35. The van der Waals surface area contributed by atoms with Gasteiger partial charge in [0.15, 0.2) is 0 Å². The van der Waals surface area contributed by atoms with Gasteiger partial charge in [-0.25, -0.2) is 4.79 Å². The number of thioether (sulfide) groups is 1. The van der Waals surface area contributed by atoms with Crippen LogP contribution in [0.3, 0.4) is 0 Å². The number of aromatic hydroxyl groups is 1. The summed E-state index contributed by atoms with van der Waals surface area (Å²) in [6.45, 7) is 1.90. The molecule has 0 unspecified atom stereocenters. The fourth-order valence-electron chi connectivity index (χ4n) is 2.10. The van der Waals surface area contributed by atoms with Gasteiger partial charge in [0, 0.05) is 30.1 Å². The molecule has 0 radical (unpaired) electrons. The topological polar surface area (TPSA) is 70.9 Å². The lowest BCUT2D eigenvalue weighted by Gasteiger charge is -2.12. The standard InChI is InChI=1S/C18H20N2O3S/c1-12-8-17(23-18(22)19-2)14(11-24-3)9-15(12)20-10-13-6-4-5-7-16(13)21/h4-10,21H,11H2,1-3H3,(H,19,22). The zero-order valence-electron chi connectivity index (χ0n) is 13.9.